The van der Waals surface area contributed by atoms with E-state index in [2.05, 4.69) is 24.1 Å². The van der Waals surface area contributed by atoms with Crippen molar-refractivity contribution in [3.8, 4) is 0 Å². The van der Waals surface area contributed by atoms with E-state index in [1.54, 1.807) is 0 Å². The average molecular weight is 219 g/mol. The molecule has 0 aliphatic heterocycles. The van der Waals surface area contributed by atoms with Crippen molar-refractivity contribution in [2.45, 2.75) is 26.7 Å². The lowest BCUT2D eigenvalue weighted by Crippen LogP contribution is -2.34. The molecule has 1 fully saturated rings. The summed E-state index contributed by atoms with van der Waals surface area (Å²) in [6.07, 6.45) is 2.63. The number of likely N-dealkylation sites (N-methyl/N-ethyl adjacent to an activating group) is 1. The lowest BCUT2D eigenvalue weighted by molar-refractivity contribution is 0.299. The number of alkyl halides is 1. The smallest absolute Gasteiger partial charge is 0.0292 e. The second-order valence-corrected chi connectivity index (χ2v) is 4.60. The number of hydrogen-bond acceptors (Lipinski definition) is 2. The molecule has 1 rings (SSSR count). The highest BCUT2D eigenvalue weighted by Gasteiger charge is 2.40. The van der Waals surface area contributed by atoms with E-state index in [1.807, 2.05) is 0 Å². The minimum Gasteiger partial charge on any atom is -0.315 e. The van der Waals surface area contributed by atoms with E-state index in [0.717, 1.165) is 38.6 Å². The maximum absolute atomic E-state index is 5.90. The van der Waals surface area contributed by atoms with Gasteiger partial charge in [-0.2, -0.15) is 0 Å². The van der Waals surface area contributed by atoms with E-state index in [9.17, 15) is 0 Å². The maximum Gasteiger partial charge on any atom is 0.0292 e. The summed E-state index contributed by atoms with van der Waals surface area (Å²) in [5, 5.41) is 3.51. The molecule has 0 aromatic heterocycles. The molecule has 0 spiro atoms. The van der Waals surface area contributed by atoms with E-state index in [1.165, 1.54) is 12.8 Å². The Bertz CT molecular complexity index is 153. The summed E-state index contributed by atoms with van der Waals surface area (Å²) in [6.45, 7) is 10.1. The number of nitrogens with one attached hydrogen (secondary N) is 1. The Kier molecular flexibility index (Phi) is 5.21. The van der Waals surface area contributed by atoms with Crippen LogP contribution in [-0.2, 0) is 0 Å². The van der Waals surface area contributed by atoms with Crippen molar-refractivity contribution in [3.05, 3.63) is 0 Å². The Balaban J connectivity index is 1.99. The molecule has 0 amide bonds. The van der Waals surface area contributed by atoms with Crippen LogP contribution >= 0.6 is 11.6 Å². The second kappa shape index (κ2) is 5.94. The zero-order valence-corrected chi connectivity index (χ0v) is 10.2. The molecule has 1 saturated carbocycles. The first-order valence-electron chi connectivity index (χ1n) is 5.75. The predicted octanol–water partition coefficient (Wildman–Crippen LogP) is 1.94. The van der Waals surface area contributed by atoms with Crippen LogP contribution in [0.2, 0.25) is 0 Å². The first kappa shape index (κ1) is 12.3. The topological polar surface area (TPSA) is 15.3 Å². The standard InChI is InChI=1S/C11H23ClN2/c1-3-14(4-2)8-7-13-10-11(9-12)5-6-11/h13H,3-10H2,1-2H3. The van der Waals surface area contributed by atoms with E-state index in [0.29, 0.717) is 5.41 Å². The summed E-state index contributed by atoms with van der Waals surface area (Å²) < 4.78 is 0. The minimum atomic E-state index is 0.463. The van der Waals surface area contributed by atoms with Crippen LogP contribution < -0.4 is 5.32 Å². The van der Waals surface area contributed by atoms with Gasteiger partial charge in [-0.25, -0.2) is 0 Å². The molecule has 0 aromatic carbocycles. The molecule has 0 saturated heterocycles. The molecule has 1 aliphatic rings. The third kappa shape index (κ3) is 3.76. The molecule has 0 atom stereocenters. The minimum absolute atomic E-state index is 0.463. The normalized spacial score (nSPS) is 18.9. The molecule has 14 heavy (non-hydrogen) atoms. The summed E-state index contributed by atoms with van der Waals surface area (Å²) in [5.41, 5.74) is 0.463. The van der Waals surface area contributed by atoms with Gasteiger partial charge in [0, 0.05) is 25.5 Å². The van der Waals surface area contributed by atoms with Crippen molar-refractivity contribution in [2.24, 2.45) is 5.41 Å². The zero-order valence-electron chi connectivity index (χ0n) is 9.48. The Morgan fingerprint density at radius 1 is 1.29 bits per heavy atom. The first-order valence-corrected chi connectivity index (χ1v) is 6.29. The molecule has 0 radical (unpaired) electrons. The number of nitrogens with zero attached hydrogens (tertiary/aromatic N) is 1. The Hall–Kier alpha value is 0.210. The first-order chi connectivity index (χ1) is 6.76. The molecule has 2 nitrogen and oxygen atoms in total. The van der Waals surface area contributed by atoms with Crippen LogP contribution in [0, 0.1) is 5.41 Å². The highest BCUT2D eigenvalue weighted by molar-refractivity contribution is 6.18. The van der Waals surface area contributed by atoms with Crippen molar-refractivity contribution in [2.75, 3.05) is 38.6 Å². The zero-order chi connectivity index (χ0) is 10.4. The van der Waals surface area contributed by atoms with E-state index < -0.39 is 0 Å². The quantitative estimate of drug-likeness (QED) is 0.495. The van der Waals surface area contributed by atoms with Crippen LogP contribution in [0.3, 0.4) is 0 Å². The number of halogens is 1. The van der Waals surface area contributed by atoms with Gasteiger partial charge in [-0.05, 0) is 31.3 Å². The van der Waals surface area contributed by atoms with Crippen LogP contribution in [-0.4, -0.2) is 43.5 Å². The van der Waals surface area contributed by atoms with Gasteiger partial charge in [0.1, 0.15) is 0 Å². The average Bonchev–Trinajstić information content (AvgIpc) is 2.99. The van der Waals surface area contributed by atoms with Gasteiger partial charge in [-0.3, -0.25) is 0 Å². The van der Waals surface area contributed by atoms with E-state index >= 15 is 0 Å². The van der Waals surface area contributed by atoms with Gasteiger partial charge in [0.15, 0.2) is 0 Å². The van der Waals surface area contributed by atoms with Gasteiger partial charge in [-0.1, -0.05) is 13.8 Å². The molecule has 0 bridgehead atoms. The number of rotatable bonds is 8. The fourth-order valence-corrected chi connectivity index (χ4v) is 2.03. The van der Waals surface area contributed by atoms with Crippen molar-refractivity contribution in [1.82, 2.24) is 10.2 Å². The molecule has 1 aliphatic carbocycles. The summed E-state index contributed by atoms with van der Waals surface area (Å²) in [5.74, 6) is 0.825. The summed E-state index contributed by atoms with van der Waals surface area (Å²) in [7, 11) is 0. The van der Waals surface area contributed by atoms with Crippen molar-refractivity contribution < 1.29 is 0 Å². The monoisotopic (exact) mass is 218 g/mol. The third-order valence-electron chi connectivity index (χ3n) is 3.24. The molecule has 0 unspecified atom stereocenters. The lowest BCUT2D eigenvalue weighted by Gasteiger charge is -2.19. The van der Waals surface area contributed by atoms with Gasteiger partial charge < -0.3 is 10.2 Å². The van der Waals surface area contributed by atoms with Gasteiger partial charge >= 0.3 is 0 Å². The summed E-state index contributed by atoms with van der Waals surface area (Å²) in [6, 6.07) is 0. The van der Waals surface area contributed by atoms with Crippen LogP contribution in [0.15, 0.2) is 0 Å². The van der Waals surface area contributed by atoms with Crippen LogP contribution in [0.5, 0.6) is 0 Å². The van der Waals surface area contributed by atoms with Gasteiger partial charge in [0.05, 0.1) is 0 Å². The molecular weight excluding hydrogens is 196 g/mol. The highest BCUT2D eigenvalue weighted by atomic mass is 35.5. The summed E-state index contributed by atoms with van der Waals surface area (Å²) in [4.78, 5) is 2.44. The molecule has 3 heteroatoms. The fourth-order valence-electron chi connectivity index (χ4n) is 1.66. The number of hydrogen-bond donors (Lipinski definition) is 1. The molecule has 0 aromatic rings. The lowest BCUT2D eigenvalue weighted by atomic mass is 10.1. The Morgan fingerprint density at radius 3 is 2.36 bits per heavy atom. The van der Waals surface area contributed by atoms with E-state index in [4.69, 9.17) is 11.6 Å². The molecule has 1 N–H and O–H groups in total. The largest absolute Gasteiger partial charge is 0.315 e. The van der Waals surface area contributed by atoms with Crippen LogP contribution in [0.25, 0.3) is 0 Å². The fraction of sp³-hybridized carbons (Fsp3) is 1.00. The van der Waals surface area contributed by atoms with Gasteiger partial charge in [0.25, 0.3) is 0 Å². The molecule has 84 valence electrons. The van der Waals surface area contributed by atoms with Gasteiger partial charge in [-0.15, -0.1) is 11.6 Å². The summed E-state index contributed by atoms with van der Waals surface area (Å²) >= 11 is 5.90. The van der Waals surface area contributed by atoms with Crippen molar-refractivity contribution in [1.29, 1.82) is 0 Å². The van der Waals surface area contributed by atoms with Crippen molar-refractivity contribution in [3.63, 3.8) is 0 Å². The second-order valence-electron chi connectivity index (χ2n) is 4.34. The molecule has 0 heterocycles. The third-order valence-corrected chi connectivity index (χ3v) is 3.81. The SMILES string of the molecule is CCN(CC)CCNCC1(CCl)CC1. The van der Waals surface area contributed by atoms with Crippen LogP contribution in [0.4, 0.5) is 0 Å². The van der Waals surface area contributed by atoms with Gasteiger partial charge in [0.2, 0.25) is 0 Å². The van der Waals surface area contributed by atoms with Crippen molar-refractivity contribution >= 4 is 11.6 Å². The highest BCUT2D eigenvalue weighted by Crippen LogP contribution is 2.45. The molecular formula is C11H23ClN2. The van der Waals surface area contributed by atoms with Crippen LogP contribution in [0.1, 0.15) is 26.7 Å². The van der Waals surface area contributed by atoms with E-state index in [-0.39, 0.29) is 0 Å². The Morgan fingerprint density at radius 2 is 1.93 bits per heavy atom. The maximum atomic E-state index is 5.90. The predicted molar refractivity (Wildman–Crippen MR) is 63.0 cm³/mol. The Labute approximate surface area is 93.0 Å².